The Morgan fingerprint density at radius 3 is 1.46 bits per heavy atom. The van der Waals surface area contributed by atoms with Gasteiger partial charge < -0.3 is 4.90 Å². The van der Waals surface area contributed by atoms with E-state index in [4.69, 9.17) is 0 Å². The van der Waals surface area contributed by atoms with E-state index in [1.54, 1.807) is 7.05 Å². The van der Waals surface area contributed by atoms with Crippen molar-refractivity contribution in [3.05, 3.63) is 248 Å². The van der Waals surface area contributed by atoms with E-state index in [0.29, 0.717) is 5.56 Å². The summed E-state index contributed by atoms with van der Waals surface area (Å²) in [5.74, 6) is 0. The first kappa shape index (κ1) is 40.4. The number of aliphatic imine (C=N–C) groups is 1. The van der Waals surface area contributed by atoms with E-state index in [0.717, 1.165) is 50.4 Å². The standard InChI is InChI=1S/C65H43N3/c1-67-42-44-29-33-46(34-30-44)51-37-50(45-31-27-43(41-66)28-32-45)39-54(40-51)68(52-20-9-4-10-21-52)53-22-13-19-49(38-53)55-35-36-60-63-56(55)25-14-26-59(63)64-61(47-15-5-2-6-16-47)57-23-11-12-24-58(57)62(65(60)64)48-17-7-3-8-18-48/h2-40,42H,1H3. The van der Waals surface area contributed by atoms with Gasteiger partial charge in [0.25, 0.3) is 0 Å². The maximum absolute atomic E-state index is 9.63. The summed E-state index contributed by atoms with van der Waals surface area (Å²) in [6.07, 6.45) is 1.87. The zero-order valence-corrected chi connectivity index (χ0v) is 37.4. The van der Waals surface area contributed by atoms with Crippen molar-refractivity contribution in [2.75, 3.05) is 11.9 Å². The fraction of sp³-hybridized carbons (Fsp3) is 0.0154. The van der Waals surface area contributed by atoms with Gasteiger partial charge in [-0.2, -0.15) is 5.26 Å². The van der Waals surface area contributed by atoms with E-state index in [9.17, 15) is 5.26 Å². The molecule has 1 aliphatic carbocycles. The molecule has 1 aliphatic rings. The predicted molar refractivity (Wildman–Crippen MR) is 286 cm³/mol. The molecule has 0 bridgehead atoms. The third kappa shape index (κ3) is 6.95. The minimum Gasteiger partial charge on any atom is -0.310 e. The summed E-state index contributed by atoms with van der Waals surface area (Å²) in [6, 6.07) is 87.4. The minimum absolute atomic E-state index is 0.634. The van der Waals surface area contributed by atoms with Crippen LogP contribution in [0, 0.1) is 11.3 Å². The molecule has 0 heterocycles. The second-order valence-corrected chi connectivity index (χ2v) is 17.4. The largest absolute Gasteiger partial charge is 0.310 e. The van der Waals surface area contributed by atoms with Crippen LogP contribution < -0.4 is 4.90 Å². The smallest absolute Gasteiger partial charge is 0.0991 e. The molecule has 0 aliphatic heterocycles. The molecule has 0 N–H and O–H groups in total. The Kier molecular flexibility index (Phi) is 10.1. The van der Waals surface area contributed by atoms with E-state index < -0.39 is 0 Å². The van der Waals surface area contributed by atoms with Crippen LogP contribution in [0.4, 0.5) is 17.1 Å². The lowest BCUT2D eigenvalue weighted by atomic mass is 9.82. The van der Waals surface area contributed by atoms with Gasteiger partial charge in [0.2, 0.25) is 0 Å². The molecule has 0 saturated heterocycles. The third-order valence-corrected chi connectivity index (χ3v) is 13.4. The van der Waals surface area contributed by atoms with Crippen LogP contribution in [0.25, 0.3) is 99.4 Å². The fourth-order valence-electron chi connectivity index (χ4n) is 10.4. The van der Waals surface area contributed by atoms with E-state index >= 15 is 0 Å². The van der Waals surface area contributed by atoms with Gasteiger partial charge in [-0.05, 0) is 160 Å². The molecule has 68 heavy (non-hydrogen) atoms. The summed E-state index contributed by atoms with van der Waals surface area (Å²) < 4.78 is 0. The van der Waals surface area contributed by atoms with E-state index in [-0.39, 0.29) is 0 Å². The maximum atomic E-state index is 9.63. The number of benzene rings is 11. The highest BCUT2D eigenvalue weighted by Crippen LogP contribution is 2.58. The van der Waals surface area contributed by atoms with Crippen LogP contribution in [0.1, 0.15) is 11.1 Å². The van der Waals surface area contributed by atoms with E-state index in [1.165, 1.54) is 71.6 Å². The Morgan fingerprint density at radius 1 is 0.368 bits per heavy atom. The van der Waals surface area contributed by atoms with Crippen LogP contribution in [-0.4, -0.2) is 13.3 Å². The van der Waals surface area contributed by atoms with Gasteiger partial charge in [-0.25, -0.2) is 0 Å². The average molecular weight is 866 g/mol. The summed E-state index contributed by atoms with van der Waals surface area (Å²) in [6.45, 7) is 0. The van der Waals surface area contributed by atoms with Crippen molar-refractivity contribution in [2.24, 2.45) is 4.99 Å². The molecule has 318 valence electrons. The molecule has 0 saturated carbocycles. The molecule has 3 nitrogen and oxygen atoms in total. The summed E-state index contributed by atoms with van der Waals surface area (Å²) in [7, 11) is 1.79. The van der Waals surface area contributed by atoms with Crippen molar-refractivity contribution in [1.82, 2.24) is 0 Å². The van der Waals surface area contributed by atoms with E-state index in [2.05, 4.69) is 228 Å². The molecule has 0 spiro atoms. The number of nitriles is 1. The third-order valence-electron chi connectivity index (χ3n) is 13.4. The Hall–Kier alpha value is -9.10. The quantitative estimate of drug-likeness (QED) is 0.136. The molecular weight excluding hydrogens is 823 g/mol. The topological polar surface area (TPSA) is 39.4 Å². The van der Waals surface area contributed by atoms with Crippen LogP contribution in [0.15, 0.2) is 242 Å². The highest BCUT2D eigenvalue weighted by Gasteiger charge is 2.31. The van der Waals surface area contributed by atoms with Crippen molar-refractivity contribution in [3.8, 4) is 84.0 Å². The molecule has 11 aromatic carbocycles. The zero-order chi connectivity index (χ0) is 45.6. The lowest BCUT2D eigenvalue weighted by molar-refractivity contribution is 1.28. The monoisotopic (exact) mass is 865 g/mol. The first-order chi connectivity index (χ1) is 33.6. The van der Waals surface area contributed by atoms with Crippen molar-refractivity contribution < 1.29 is 0 Å². The van der Waals surface area contributed by atoms with Crippen LogP contribution >= 0.6 is 0 Å². The van der Waals surface area contributed by atoms with Crippen LogP contribution in [0.5, 0.6) is 0 Å². The number of para-hydroxylation sites is 1. The van der Waals surface area contributed by atoms with Crippen molar-refractivity contribution in [3.63, 3.8) is 0 Å². The number of fused-ring (bicyclic) bond motifs is 4. The molecule has 0 amide bonds. The highest BCUT2D eigenvalue weighted by atomic mass is 15.1. The lowest BCUT2D eigenvalue weighted by Crippen LogP contribution is -2.10. The van der Waals surface area contributed by atoms with Gasteiger partial charge in [-0.15, -0.1) is 0 Å². The van der Waals surface area contributed by atoms with Gasteiger partial charge >= 0.3 is 0 Å². The molecule has 0 atom stereocenters. The SMILES string of the molecule is CN=Cc1ccc(-c2cc(-c3ccc(C#N)cc3)cc(N(c3ccccc3)c3cccc(-c4ccc5c6c(cccc46)-c4c-5c(-c5ccccc5)c5ccccc5c4-c4ccccc4)c3)c2)cc1. The van der Waals surface area contributed by atoms with Gasteiger partial charge in [-0.3, -0.25) is 4.99 Å². The number of anilines is 3. The number of nitrogens with zero attached hydrogens (tertiary/aromatic N) is 3. The summed E-state index contributed by atoms with van der Waals surface area (Å²) in [5.41, 5.74) is 21.5. The maximum Gasteiger partial charge on any atom is 0.0991 e. The number of rotatable bonds is 9. The van der Waals surface area contributed by atoms with Crippen LogP contribution in [-0.2, 0) is 0 Å². The zero-order valence-electron chi connectivity index (χ0n) is 37.4. The highest BCUT2D eigenvalue weighted by molar-refractivity contribution is 6.28. The fourth-order valence-corrected chi connectivity index (χ4v) is 10.4. The molecule has 11 aromatic rings. The first-order valence-corrected chi connectivity index (χ1v) is 23.0. The second kappa shape index (κ2) is 17.0. The summed E-state index contributed by atoms with van der Waals surface area (Å²) in [5, 5.41) is 14.7. The van der Waals surface area contributed by atoms with Crippen LogP contribution in [0.3, 0.4) is 0 Å². The second-order valence-electron chi connectivity index (χ2n) is 17.4. The minimum atomic E-state index is 0.634. The summed E-state index contributed by atoms with van der Waals surface area (Å²) in [4.78, 5) is 6.59. The Balaban J connectivity index is 1.06. The van der Waals surface area contributed by atoms with Gasteiger partial charge in [0, 0.05) is 30.3 Å². The first-order valence-electron chi connectivity index (χ1n) is 23.0. The number of hydrogen-bond acceptors (Lipinski definition) is 3. The van der Waals surface area contributed by atoms with Crippen molar-refractivity contribution in [1.29, 1.82) is 5.26 Å². The molecular formula is C65H43N3. The Morgan fingerprint density at radius 2 is 0.853 bits per heavy atom. The molecule has 3 heteroatoms. The normalized spacial score (nSPS) is 11.5. The average Bonchev–Trinajstić information content (AvgIpc) is 3.73. The van der Waals surface area contributed by atoms with Crippen LogP contribution in [0.2, 0.25) is 0 Å². The van der Waals surface area contributed by atoms with E-state index in [1.807, 2.05) is 30.5 Å². The Bertz CT molecular complexity index is 3680. The molecule has 0 radical (unpaired) electrons. The van der Waals surface area contributed by atoms with Gasteiger partial charge in [0.05, 0.1) is 11.6 Å². The van der Waals surface area contributed by atoms with Crippen molar-refractivity contribution >= 4 is 44.8 Å². The molecule has 12 rings (SSSR count). The van der Waals surface area contributed by atoms with Crippen molar-refractivity contribution in [2.45, 2.75) is 0 Å². The summed E-state index contributed by atoms with van der Waals surface area (Å²) >= 11 is 0. The molecule has 0 aromatic heterocycles. The number of hydrogen-bond donors (Lipinski definition) is 0. The predicted octanol–water partition coefficient (Wildman–Crippen LogP) is 17.4. The van der Waals surface area contributed by atoms with Gasteiger partial charge in [0.1, 0.15) is 0 Å². The Labute approximate surface area is 396 Å². The molecule has 0 unspecified atom stereocenters. The molecule has 0 fully saturated rings. The van der Waals surface area contributed by atoms with Gasteiger partial charge in [-0.1, -0.05) is 182 Å². The lowest BCUT2D eigenvalue weighted by Gasteiger charge is -2.27. The van der Waals surface area contributed by atoms with Gasteiger partial charge in [0.15, 0.2) is 0 Å².